The quantitative estimate of drug-likeness (QED) is 0.276. The van der Waals surface area contributed by atoms with E-state index in [2.05, 4.69) is 54.9 Å². The van der Waals surface area contributed by atoms with Crippen LogP contribution in [0, 0.1) is 35.3 Å². The molecule has 0 saturated heterocycles. The van der Waals surface area contributed by atoms with Gasteiger partial charge in [-0.25, -0.2) is 4.39 Å². The summed E-state index contributed by atoms with van der Waals surface area (Å²) in [7, 11) is 0. The van der Waals surface area contributed by atoms with Gasteiger partial charge >= 0.3 is 0 Å². The molecule has 3 aromatic carbocycles. The van der Waals surface area contributed by atoms with Gasteiger partial charge in [-0.3, -0.25) is 0 Å². The van der Waals surface area contributed by atoms with Crippen LogP contribution in [0.25, 0.3) is 0 Å². The van der Waals surface area contributed by atoms with E-state index in [1.807, 2.05) is 31.2 Å². The molecule has 0 spiro atoms. The van der Waals surface area contributed by atoms with E-state index < -0.39 is 11.6 Å². The van der Waals surface area contributed by atoms with Crippen LogP contribution in [0.15, 0.2) is 60.7 Å². The lowest BCUT2D eigenvalue weighted by molar-refractivity contribution is 0.295. The average molecular weight is 443 g/mol. The number of halogens is 2. The summed E-state index contributed by atoms with van der Waals surface area (Å²) in [5.41, 5.74) is 3.88. The molecule has 0 saturated carbocycles. The molecule has 0 N–H and O–H groups in total. The number of hydrogen-bond donors (Lipinski definition) is 0. The molecule has 0 atom stereocenters. The van der Waals surface area contributed by atoms with Crippen molar-refractivity contribution >= 4 is 0 Å². The van der Waals surface area contributed by atoms with Gasteiger partial charge in [0.25, 0.3) is 0 Å². The highest BCUT2D eigenvalue weighted by atomic mass is 19.2. The fraction of sp³-hybridized carbons (Fsp3) is 0.267. The van der Waals surface area contributed by atoms with Gasteiger partial charge in [0.1, 0.15) is 0 Å². The topological polar surface area (TPSA) is 9.23 Å². The maximum absolute atomic E-state index is 14.2. The highest BCUT2D eigenvalue weighted by Gasteiger charge is 2.13. The van der Waals surface area contributed by atoms with Gasteiger partial charge in [-0.1, -0.05) is 62.5 Å². The Morgan fingerprint density at radius 3 is 1.79 bits per heavy atom. The summed E-state index contributed by atoms with van der Waals surface area (Å²) >= 11 is 0. The van der Waals surface area contributed by atoms with Crippen LogP contribution in [0.4, 0.5) is 8.78 Å². The zero-order valence-corrected chi connectivity index (χ0v) is 19.2. The summed E-state index contributed by atoms with van der Waals surface area (Å²) < 4.78 is 33.5. The van der Waals surface area contributed by atoms with E-state index in [0.29, 0.717) is 18.6 Å². The minimum Gasteiger partial charge on any atom is -0.490 e. The zero-order valence-electron chi connectivity index (χ0n) is 19.2. The summed E-state index contributed by atoms with van der Waals surface area (Å²) in [6, 6.07) is 18.6. The van der Waals surface area contributed by atoms with Crippen molar-refractivity contribution in [2.24, 2.45) is 0 Å². The largest absolute Gasteiger partial charge is 0.490 e. The van der Waals surface area contributed by atoms with E-state index in [1.54, 1.807) is 0 Å². The first kappa shape index (κ1) is 24.1. The minimum absolute atomic E-state index is 0.00152. The van der Waals surface area contributed by atoms with Crippen LogP contribution in [0.3, 0.4) is 0 Å². The summed E-state index contributed by atoms with van der Waals surface area (Å²) in [6.07, 6.45) is 5.53. The molecule has 1 nitrogen and oxygen atoms in total. The Balaban J connectivity index is 1.64. The van der Waals surface area contributed by atoms with Crippen molar-refractivity contribution in [1.82, 2.24) is 0 Å². The molecule has 0 fully saturated rings. The number of hydrogen-bond acceptors (Lipinski definition) is 1. The fourth-order valence-corrected chi connectivity index (χ4v) is 3.21. The van der Waals surface area contributed by atoms with Crippen LogP contribution in [0.5, 0.6) is 5.75 Å². The Hall–Kier alpha value is -3.56. The lowest BCUT2D eigenvalue weighted by atomic mass is 10.1. The first-order valence-corrected chi connectivity index (χ1v) is 11.4. The average Bonchev–Trinajstić information content (AvgIpc) is 2.84. The molecule has 0 aromatic heterocycles. The van der Waals surface area contributed by atoms with E-state index in [9.17, 15) is 8.78 Å². The predicted octanol–water partition coefficient (Wildman–Crippen LogP) is 7.29. The Labute approximate surface area is 195 Å². The van der Waals surface area contributed by atoms with Crippen molar-refractivity contribution in [2.75, 3.05) is 6.61 Å². The van der Waals surface area contributed by atoms with Gasteiger partial charge in [-0.05, 0) is 73.4 Å². The fourth-order valence-electron chi connectivity index (χ4n) is 3.21. The molecular weight excluding hydrogens is 414 g/mol. The third kappa shape index (κ3) is 7.23. The molecule has 0 amide bonds. The highest BCUT2D eigenvalue weighted by molar-refractivity contribution is 5.49. The monoisotopic (exact) mass is 442 g/mol. The normalized spacial score (nSPS) is 10.1. The van der Waals surface area contributed by atoms with E-state index in [-0.39, 0.29) is 11.3 Å². The molecule has 3 rings (SSSR count). The standard InChI is InChI=1S/C30H28F2O/c1-3-5-6-7-23-8-10-24(11-9-23)12-13-25-14-16-26(17-15-25)18-19-27-20-21-28(33-22-4-2)30(32)29(27)31/h8-11,14-17,20-21H,3-7,22H2,1-2H3. The van der Waals surface area contributed by atoms with Crippen molar-refractivity contribution in [3.63, 3.8) is 0 Å². The minimum atomic E-state index is -1.00. The number of ether oxygens (including phenoxy) is 1. The third-order valence-corrected chi connectivity index (χ3v) is 5.11. The number of rotatable bonds is 7. The summed E-state index contributed by atoms with van der Waals surface area (Å²) in [5.74, 6) is 9.82. The number of unbranched alkanes of at least 4 members (excludes halogenated alkanes) is 2. The summed E-state index contributed by atoms with van der Waals surface area (Å²) in [6.45, 7) is 4.44. The molecule has 0 aliphatic carbocycles. The molecule has 33 heavy (non-hydrogen) atoms. The van der Waals surface area contributed by atoms with E-state index >= 15 is 0 Å². The van der Waals surface area contributed by atoms with Gasteiger partial charge in [0.2, 0.25) is 5.82 Å². The van der Waals surface area contributed by atoms with E-state index in [1.165, 1.54) is 37.0 Å². The van der Waals surface area contributed by atoms with Crippen molar-refractivity contribution < 1.29 is 13.5 Å². The van der Waals surface area contributed by atoms with Crippen LogP contribution in [0.2, 0.25) is 0 Å². The first-order valence-electron chi connectivity index (χ1n) is 11.4. The molecule has 168 valence electrons. The van der Waals surface area contributed by atoms with Crippen molar-refractivity contribution in [3.05, 3.63) is 100 Å². The lowest BCUT2D eigenvalue weighted by Crippen LogP contribution is -2.00. The first-order chi connectivity index (χ1) is 16.1. The maximum atomic E-state index is 14.2. The molecule has 0 heterocycles. The van der Waals surface area contributed by atoms with Crippen molar-refractivity contribution in [3.8, 4) is 29.4 Å². The summed E-state index contributed by atoms with van der Waals surface area (Å²) in [5, 5.41) is 0. The van der Waals surface area contributed by atoms with Gasteiger partial charge in [0, 0.05) is 16.7 Å². The van der Waals surface area contributed by atoms with Crippen molar-refractivity contribution in [2.45, 2.75) is 46.0 Å². The Bertz CT molecular complexity index is 1170. The van der Waals surface area contributed by atoms with E-state index in [0.717, 1.165) is 17.5 Å². The third-order valence-electron chi connectivity index (χ3n) is 5.11. The smallest absolute Gasteiger partial charge is 0.201 e. The van der Waals surface area contributed by atoms with Crippen LogP contribution >= 0.6 is 0 Å². The SMILES string of the molecule is CCCCCc1ccc(C#Cc2ccc(C#Cc3ccc(OCCC)c(F)c3F)cc2)cc1. The van der Waals surface area contributed by atoms with Gasteiger partial charge < -0.3 is 4.74 Å². The van der Waals surface area contributed by atoms with Gasteiger partial charge in [0.15, 0.2) is 11.6 Å². The molecule has 0 unspecified atom stereocenters. The Morgan fingerprint density at radius 1 is 0.636 bits per heavy atom. The Morgan fingerprint density at radius 2 is 1.21 bits per heavy atom. The predicted molar refractivity (Wildman–Crippen MR) is 130 cm³/mol. The van der Waals surface area contributed by atoms with Gasteiger partial charge in [-0.2, -0.15) is 4.39 Å². The Kier molecular flexibility index (Phi) is 9.10. The van der Waals surface area contributed by atoms with Crippen LogP contribution in [-0.2, 0) is 6.42 Å². The second-order valence-corrected chi connectivity index (χ2v) is 7.82. The summed E-state index contributed by atoms with van der Waals surface area (Å²) in [4.78, 5) is 0. The molecular formula is C30H28F2O. The molecule has 3 heteroatoms. The highest BCUT2D eigenvalue weighted by Crippen LogP contribution is 2.22. The number of aryl methyl sites for hydroxylation is 1. The lowest BCUT2D eigenvalue weighted by Gasteiger charge is -2.06. The second kappa shape index (κ2) is 12.5. The van der Waals surface area contributed by atoms with Crippen LogP contribution in [0.1, 0.15) is 67.3 Å². The van der Waals surface area contributed by atoms with Gasteiger partial charge in [0.05, 0.1) is 12.2 Å². The molecule has 0 aliphatic heterocycles. The number of benzene rings is 3. The van der Waals surface area contributed by atoms with Crippen LogP contribution in [-0.4, -0.2) is 6.61 Å². The van der Waals surface area contributed by atoms with Crippen molar-refractivity contribution in [1.29, 1.82) is 0 Å². The molecule has 0 aliphatic rings. The van der Waals surface area contributed by atoms with E-state index in [4.69, 9.17) is 4.74 Å². The molecule has 0 radical (unpaired) electrons. The van der Waals surface area contributed by atoms with Crippen LogP contribution < -0.4 is 4.74 Å². The van der Waals surface area contributed by atoms with Gasteiger partial charge in [-0.15, -0.1) is 0 Å². The molecule has 3 aromatic rings. The maximum Gasteiger partial charge on any atom is 0.201 e. The molecule has 0 bridgehead atoms. The zero-order chi connectivity index (χ0) is 23.5. The second-order valence-electron chi connectivity index (χ2n) is 7.82.